The van der Waals surface area contributed by atoms with Crippen LogP contribution in [0.5, 0.6) is 0 Å². The van der Waals surface area contributed by atoms with Crippen LogP contribution in [0.2, 0.25) is 0 Å². The number of nitrogens with zero attached hydrogens (tertiary/aromatic N) is 3. The van der Waals surface area contributed by atoms with E-state index in [0.29, 0.717) is 23.5 Å². The Morgan fingerprint density at radius 3 is 2.84 bits per heavy atom. The fraction of sp³-hybridized carbons (Fsp3) is 0.308. The summed E-state index contributed by atoms with van der Waals surface area (Å²) in [4.78, 5) is 22.4. The van der Waals surface area contributed by atoms with Crippen LogP contribution >= 0.6 is 11.3 Å². The van der Waals surface area contributed by atoms with E-state index in [2.05, 4.69) is 9.97 Å². The number of nitrogens with two attached hydrogens (primary N) is 1. The molecule has 1 amide bonds. The number of aromatic nitrogens is 2. The second kappa shape index (κ2) is 5.36. The Morgan fingerprint density at radius 2 is 2.21 bits per heavy atom. The van der Waals surface area contributed by atoms with Gasteiger partial charge < -0.3 is 10.6 Å². The number of hydrogen-bond donors (Lipinski definition) is 1. The average Bonchev–Trinajstić information content (AvgIpc) is 2.77. The van der Waals surface area contributed by atoms with Crippen LogP contribution in [0.4, 0.5) is 5.69 Å². The zero-order valence-electron chi connectivity index (χ0n) is 11.2. The third-order valence-electron chi connectivity index (χ3n) is 2.75. The number of nitrogen functional groups attached to an aromatic ring is 1. The van der Waals surface area contributed by atoms with Crippen molar-refractivity contribution >= 4 is 22.9 Å². The molecule has 0 radical (unpaired) electrons. The molecule has 0 aliphatic heterocycles. The van der Waals surface area contributed by atoms with Crippen LogP contribution in [0.3, 0.4) is 0 Å². The van der Waals surface area contributed by atoms with Gasteiger partial charge in [-0.25, -0.2) is 4.98 Å². The standard InChI is InChI=1S/C13H16N4OS/c1-8-12(4-10(14)5-15-8)13(18)17(3)6-11-7-19-9(2)16-11/h4-5,7H,6,14H2,1-3H3. The predicted octanol–water partition coefficient (Wildman–Crippen LogP) is 2.01. The van der Waals surface area contributed by atoms with Gasteiger partial charge in [0.25, 0.3) is 5.91 Å². The van der Waals surface area contributed by atoms with E-state index in [9.17, 15) is 4.79 Å². The number of carbonyl (C=O) groups excluding carboxylic acids is 1. The van der Waals surface area contributed by atoms with E-state index >= 15 is 0 Å². The second-order valence-corrected chi connectivity index (χ2v) is 5.48. The first-order chi connectivity index (χ1) is 8.97. The molecule has 100 valence electrons. The van der Waals surface area contributed by atoms with Crippen LogP contribution in [0.25, 0.3) is 0 Å². The van der Waals surface area contributed by atoms with Crippen molar-refractivity contribution < 1.29 is 4.79 Å². The molecule has 0 unspecified atom stereocenters. The topological polar surface area (TPSA) is 72.1 Å². The number of pyridine rings is 1. The van der Waals surface area contributed by atoms with Gasteiger partial charge in [-0.1, -0.05) is 0 Å². The van der Waals surface area contributed by atoms with Crippen molar-refractivity contribution in [2.45, 2.75) is 20.4 Å². The lowest BCUT2D eigenvalue weighted by molar-refractivity contribution is 0.0782. The van der Waals surface area contributed by atoms with Gasteiger partial charge in [-0.3, -0.25) is 9.78 Å². The maximum absolute atomic E-state index is 12.3. The molecular weight excluding hydrogens is 260 g/mol. The normalized spacial score (nSPS) is 10.5. The van der Waals surface area contributed by atoms with E-state index in [1.165, 1.54) is 0 Å². The lowest BCUT2D eigenvalue weighted by atomic mass is 10.1. The molecule has 2 aromatic heterocycles. The van der Waals surface area contributed by atoms with Crippen molar-refractivity contribution in [3.63, 3.8) is 0 Å². The molecule has 0 bridgehead atoms. The summed E-state index contributed by atoms with van der Waals surface area (Å²) in [6, 6.07) is 1.66. The zero-order valence-corrected chi connectivity index (χ0v) is 12.0. The van der Waals surface area contributed by atoms with E-state index in [-0.39, 0.29) is 5.91 Å². The number of carbonyl (C=O) groups is 1. The Kier molecular flexibility index (Phi) is 3.80. The van der Waals surface area contributed by atoms with Gasteiger partial charge in [0, 0.05) is 12.4 Å². The smallest absolute Gasteiger partial charge is 0.255 e. The highest BCUT2D eigenvalue weighted by atomic mass is 32.1. The van der Waals surface area contributed by atoms with E-state index in [0.717, 1.165) is 10.7 Å². The largest absolute Gasteiger partial charge is 0.397 e. The summed E-state index contributed by atoms with van der Waals surface area (Å²) in [5.74, 6) is -0.0945. The van der Waals surface area contributed by atoms with Crippen molar-refractivity contribution in [1.82, 2.24) is 14.9 Å². The number of amides is 1. The Balaban J connectivity index is 2.16. The second-order valence-electron chi connectivity index (χ2n) is 4.42. The molecule has 0 saturated heterocycles. The summed E-state index contributed by atoms with van der Waals surface area (Å²) in [5.41, 5.74) is 8.28. The number of aryl methyl sites for hydroxylation is 2. The Morgan fingerprint density at radius 1 is 1.47 bits per heavy atom. The molecule has 0 spiro atoms. The first-order valence-corrected chi connectivity index (χ1v) is 6.74. The van der Waals surface area contributed by atoms with Crippen molar-refractivity contribution in [2.24, 2.45) is 0 Å². The summed E-state index contributed by atoms with van der Waals surface area (Å²) in [6.07, 6.45) is 1.55. The van der Waals surface area contributed by atoms with Crippen LogP contribution in [0, 0.1) is 13.8 Å². The van der Waals surface area contributed by atoms with Crippen molar-refractivity contribution in [1.29, 1.82) is 0 Å². The molecule has 2 aromatic rings. The molecule has 0 fully saturated rings. The highest BCUT2D eigenvalue weighted by Gasteiger charge is 2.16. The van der Waals surface area contributed by atoms with Gasteiger partial charge in [-0.2, -0.15) is 0 Å². The molecule has 19 heavy (non-hydrogen) atoms. The van der Waals surface area contributed by atoms with Crippen LogP contribution in [0.1, 0.15) is 26.8 Å². The van der Waals surface area contributed by atoms with Crippen LogP contribution in [0.15, 0.2) is 17.6 Å². The lowest BCUT2D eigenvalue weighted by Gasteiger charge is -2.17. The molecule has 2 N–H and O–H groups in total. The van der Waals surface area contributed by atoms with Crippen molar-refractivity contribution in [3.8, 4) is 0 Å². The molecule has 0 saturated carbocycles. The van der Waals surface area contributed by atoms with E-state index in [1.54, 1.807) is 42.5 Å². The summed E-state index contributed by atoms with van der Waals surface area (Å²) in [5, 5.41) is 2.96. The minimum Gasteiger partial charge on any atom is -0.397 e. The molecule has 0 aliphatic carbocycles. The fourth-order valence-corrected chi connectivity index (χ4v) is 2.37. The summed E-state index contributed by atoms with van der Waals surface area (Å²) < 4.78 is 0. The fourth-order valence-electron chi connectivity index (χ4n) is 1.77. The van der Waals surface area contributed by atoms with Gasteiger partial charge in [-0.05, 0) is 19.9 Å². The molecular formula is C13H16N4OS. The highest BCUT2D eigenvalue weighted by molar-refractivity contribution is 7.09. The minimum atomic E-state index is -0.0945. The quantitative estimate of drug-likeness (QED) is 0.930. The van der Waals surface area contributed by atoms with E-state index in [1.807, 2.05) is 12.3 Å². The van der Waals surface area contributed by atoms with Crippen LogP contribution in [-0.4, -0.2) is 27.8 Å². The molecule has 0 aromatic carbocycles. The Bertz CT molecular complexity index is 608. The molecule has 5 nitrogen and oxygen atoms in total. The van der Waals surface area contributed by atoms with Gasteiger partial charge in [-0.15, -0.1) is 11.3 Å². The SMILES string of the molecule is Cc1nc(CN(C)C(=O)c2cc(N)cnc2C)cs1. The first-order valence-electron chi connectivity index (χ1n) is 5.86. The number of hydrogen-bond acceptors (Lipinski definition) is 5. The molecule has 2 heterocycles. The monoisotopic (exact) mass is 276 g/mol. The van der Waals surface area contributed by atoms with Gasteiger partial charge >= 0.3 is 0 Å². The molecule has 0 aliphatic rings. The zero-order chi connectivity index (χ0) is 14.0. The van der Waals surface area contributed by atoms with E-state index in [4.69, 9.17) is 5.73 Å². The van der Waals surface area contributed by atoms with Crippen LogP contribution < -0.4 is 5.73 Å². The lowest BCUT2D eigenvalue weighted by Crippen LogP contribution is -2.27. The minimum absolute atomic E-state index is 0.0945. The highest BCUT2D eigenvalue weighted by Crippen LogP contribution is 2.15. The third-order valence-corrected chi connectivity index (χ3v) is 3.57. The van der Waals surface area contributed by atoms with Gasteiger partial charge in [0.2, 0.25) is 0 Å². The summed E-state index contributed by atoms with van der Waals surface area (Å²) in [6.45, 7) is 4.23. The maximum Gasteiger partial charge on any atom is 0.255 e. The summed E-state index contributed by atoms with van der Waals surface area (Å²) >= 11 is 1.58. The molecule has 0 atom stereocenters. The van der Waals surface area contributed by atoms with Gasteiger partial charge in [0.1, 0.15) is 0 Å². The first kappa shape index (κ1) is 13.5. The third kappa shape index (κ3) is 3.08. The van der Waals surface area contributed by atoms with Gasteiger partial charge in [0.05, 0.1) is 40.4 Å². The van der Waals surface area contributed by atoms with Crippen LogP contribution in [-0.2, 0) is 6.54 Å². The number of rotatable bonds is 3. The van der Waals surface area contributed by atoms with Gasteiger partial charge in [0.15, 0.2) is 0 Å². The molecule has 2 rings (SSSR count). The predicted molar refractivity (Wildman–Crippen MR) is 76.0 cm³/mol. The van der Waals surface area contributed by atoms with E-state index < -0.39 is 0 Å². The van der Waals surface area contributed by atoms with Crippen molar-refractivity contribution in [3.05, 3.63) is 39.6 Å². The Labute approximate surface area is 116 Å². The maximum atomic E-state index is 12.3. The number of thiazole rings is 1. The molecule has 6 heteroatoms. The van der Waals surface area contributed by atoms with Crippen molar-refractivity contribution in [2.75, 3.05) is 12.8 Å². The number of anilines is 1. The average molecular weight is 276 g/mol. The Hall–Kier alpha value is -1.95. The summed E-state index contributed by atoms with van der Waals surface area (Å²) in [7, 11) is 1.75.